The van der Waals surface area contributed by atoms with Crippen molar-refractivity contribution in [2.24, 2.45) is 0 Å². The topological polar surface area (TPSA) is 43.4 Å². The third kappa shape index (κ3) is 1.15. The van der Waals surface area contributed by atoms with E-state index in [1.807, 2.05) is 18.2 Å². The Bertz CT molecular complexity index is 271. The second kappa shape index (κ2) is 2.59. The van der Waals surface area contributed by atoms with E-state index in [0.717, 1.165) is 11.4 Å². The van der Waals surface area contributed by atoms with Crippen LogP contribution in [0.5, 0.6) is 0 Å². The van der Waals surface area contributed by atoms with Crippen LogP contribution in [0.1, 0.15) is 5.69 Å². The van der Waals surface area contributed by atoms with E-state index in [-0.39, 0.29) is 0 Å². The predicted octanol–water partition coefficient (Wildman–Crippen LogP) is 0.846. The average Bonchev–Trinajstić information content (AvgIpc) is 2.58. The summed E-state index contributed by atoms with van der Waals surface area (Å²) in [5, 5.41) is 0. The van der Waals surface area contributed by atoms with E-state index in [1.54, 1.807) is 6.20 Å². The van der Waals surface area contributed by atoms with Crippen LogP contribution >= 0.6 is 0 Å². The minimum Gasteiger partial charge on any atom is -0.320 e. The molecule has 4 heteroatoms. The average molecular weight is 150 g/mol. The van der Waals surface area contributed by atoms with Crippen molar-refractivity contribution < 1.29 is 9.88 Å². The fourth-order valence-corrected chi connectivity index (χ4v) is 0.800. The Morgan fingerprint density at radius 2 is 2.36 bits per heavy atom. The summed E-state index contributed by atoms with van der Waals surface area (Å²) in [4.78, 5) is 13.0. The molecular weight excluding hydrogens is 144 g/mol. The van der Waals surface area contributed by atoms with Gasteiger partial charge in [-0.2, -0.15) is 0 Å². The standard InChI is InChI=1S/C7H6N2O2/c1-2-4-8-6(3-1)7-5-10-11-9-7/h1-5,9H. The zero-order chi connectivity index (χ0) is 7.52. The molecule has 0 amide bonds. The summed E-state index contributed by atoms with van der Waals surface area (Å²) in [5.41, 5.74) is 4.07. The van der Waals surface area contributed by atoms with E-state index in [2.05, 4.69) is 20.3 Å². The fourth-order valence-electron chi connectivity index (χ4n) is 0.800. The van der Waals surface area contributed by atoms with Crippen molar-refractivity contribution in [1.82, 2.24) is 10.5 Å². The van der Waals surface area contributed by atoms with Gasteiger partial charge in [-0.1, -0.05) is 11.1 Å². The maximum Gasteiger partial charge on any atom is 0.160 e. The molecule has 0 unspecified atom stereocenters. The van der Waals surface area contributed by atoms with Crippen LogP contribution in [0.4, 0.5) is 0 Å². The molecule has 0 atom stereocenters. The van der Waals surface area contributed by atoms with Gasteiger partial charge in [-0.15, -0.1) is 0 Å². The van der Waals surface area contributed by atoms with Crippen LogP contribution in [0.2, 0.25) is 0 Å². The highest BCUT2D eigenvalue weighted by Crippen LogP contribution is 2.11. The lowest BCUT2D eigenvalue weighted by Crippen LogP contribution is -2.05. The third-order valence-corrected chi connectivity index (χ3v) is 1.31. The molecule has 4 nitrogen and oxygen atoms in total. The first-order chi connectivity index (χ1) is 5.47. The third-order valence-electron chi connectivity index (χ3n) is 1.31. The van der Waals surface area contributed by atoms with Gasteiger partial charge in [-0.3, -0.25) is 4.98 Å². The fraction of sp³-hybridized carbons (Fsp3) is 0. The number of aromatic nitrogens is 1. The molecule has 2 rings (SSSR count). The Balaban J connectivity index is 2.29. The molecule has 0 spiro atoms. The van der Waals surface area contributed by atoms with Gasteiger partial charge in [0.1, 0.15) is 5.70 Å². The first-order valence-electron chi connectivity index (χ1n) is 3.17. The Kier molecular flexibility index (Phi) is 1.46. The van der Waals surface area contributed by atoms with Crippen molar-refractivity contribution in [3.8, 4) is 0 Å². The summed E-state index contributed by atoms with van der Waals surface area (Å²) >= 11 is 0. The van der Waals surface area contributed by atoms with E-state index < -0.39 is 0 Å². The van der Waals surface area contributed by atoms with Crippen molar-refractivity contribution >= 4 is 5.70 Å². The lowest BCUT2D eigenvalue weighted by atomic mass is 10.3. The largest absolute Gasteiger partial charge is 0.320 e. The number of hydrogen-bond acceptors (Lipinski definition) is 4. The summed E-state index contributed by atoms with van der Waals surface area (Å²) in [6.07, 6.45) is 3.17. The molecular formula is C7H6N2O2. The second-order valence-corrected chi connectivity index (χ2v) is 2.03. The molecule has 1 aromatic heterocycles. The van der Waals surface area contributed by atoms with Gasteiger partial charge in [-0.25, -0.2) is 5.48 Å². The summed E-state index contributed by atoms with van der Waals surface area (Å²) in [5.74, 6) is 0. The second-order valence-electron chi connectivity index (χ2n) is 2.03. The van der Waals surface area contributed by atoms with Crippen molar-refractivity contribution in [2.75, 3.05) is 0 Å². The van der Waals surface area contributed by atoms with E-state index >= 15 is 0 Å². The zero-order valence-corrected chi connectivity index (χ0v) is 5.65. The number of nitrogens with zero attached hydrogens (tertiary/aromatic N) is 1. The molecule has 0 radical (unpaired) electrons. The lowest BCUT2D eigenvalue weighted by Gasteiger charge is -1.96. The highest BCUT2D eigenvalue weighted by Gasteiger charge is 2.08. The summed E-state index contributed by atoms with van der Waals surface area (Å²) < 4.78 is 0. The molecule has 56 valence electrons. The highest BCUT2D eigenvalue weighted by molar-refractivity contribution is 5.58. The number of rotatable bonds is 1. The lowest BCUT2D eigenvalue weighted by molar-refractivity contribution is -0.263. The molecule has 0 saturated carbocycles. The van der Waals surface area contributed by atoms with E-state index in [9.17, 15) is 0 Å². The minimum atomic E-state index is 0.727. The first kappa shape index (κ1) is 6.18. The molecule has 0 fully saturated rings. The molecule has 2 heterocycles. The van der Waals surface area contributed by atoms with Gasteiger partial charge < -0.3 is 4.89 Å². The summed E-state index contributed by atoms with van der Waals surface area (Å²) in [6.45, 7) is 0. The quantitative estimate of drug-likeness (QED) is 0.602. The zero-order valence-electron chi connectivity index (χ0n) is 5.65. The van der Waals surface area contributed by atoms with Gasteiger partial charge in [-0.05, 0) is 12.1 Å². The van der Waals surface area contributed by atoms with Crippen LogP contribution < -0.4 is 5.48 Å². The van der Waals surface area contributed by atoms with Crippen molar-refractivity contribution in [1.29, 1.82) is 0 Å². The van der Waals surface area contributed by atoms with Crippen molar-refractivity contribution in [3.63, 3.8) is 0 Å². The van der Waals surface area contributed by atoms with Crippen LogP contribution in [0.15, 0.2) is 30.7 Å². The summed E-state index contributed by atoms with van der Waals surface area (Å²) in [6, 6.07) is 5.60. The van der Waals surface area contributed by atoms with Crippen LogP contribution in [0.3, 0.4) is 0 Å². The smallest absolute Gasteiger partial charge is 0.160 e. The van der Waals surface area contributed by atoms with E-state index in [1.165, 1.54) is 6.26 Å². The number of nitrogens with one attached hydrogen (secondary N) is 1. The predicted molar refractivity (Wildman–Crippen MR) is 37.5 cm³/mol. The Morgan fingerprint density at radius 1 is 1.36 bits per heavy atom. The van der Waals surface area contributed by atoms with E-state index in [0.29, 0.717) is 0 Å². The molecule has 0 bridgehead atoms. The van der Waals surface area contributed by atoms with Crippen LogP contribution in [-0.2, 0) is 9.88 Å². The first-order valence-corrected chi connectivity index (χ1v) is 3.17. The van der Waals surface area contributed by atoms with Crippen LogP contribution in [-0.4, -0.2) is 4.98 Å². The monoisotopic (exact) mass is 150 g/mol. The highest BCUT2D eigenvalue weighted by atomic mass is 17.3. The van der Waals surface area contributed by atoms with Crippen LogP contribution in [0, 0.1) is 0 Å². The van der Waals surface area contributed by atoms with Crippen molar-refractivity contribution in [2.45, 2.75) is 0 Å². The van der Waals surface area contributed by atoms with Gasteiger partial charge in [0, 0.05) is 6.20 Å². The Labute approximate surface area is 63.3 Å². The van der Waals surface area contributed by atoms with Crippen LogP contribution in [0.25, 0.3) is 5.70 Å². The van der Waals surface area contributed by atoms with Crippen molar-refractivity contribution in [3.05, 3.63) is 36.4 Å². The van der Waals surface area contributed by atoms with Gasteiger partial charge in [0.2, 0.25) is 0 Å². The number of pyridine rings is 1. The molecule has 0 aromatic carbocycles. The van der Waals surface area contributed by atoms with E-state index in [4.69, 9.17) is 0 Å². The molecule has 0 saturated heterocycles. The number of hydrogen-bond donors (Lipinski definition) is 1. The SMILES string of the molecule is C1=C(c2ccccn2)NOO1. The molecule has 1 aliphatic heterocycles. The maximum absolute atomic E-state index is 4.50. The molecule has 1 aromatic rings. The molecule has 1 aliphatic rings. The van der Waals surface area contributed by atoms with Gasteiger partial charge in [0.05, 0.1) is 5.69 Å². The van der Waals surface area contributed by atoms with Gasteiger partial charge in [0.15, 0.2) is 6.26 Å². The Morgan fingerprint density at radius 3 is 3.00 bits per heavy atom. The Hall–Kier alpha value is -1.55. The molecule has 11 heavy (non-hydrogen) atoms. The maximum atomic E-state index is 4.50. The summed E-state index contributed by atoms with van der Waals surface area (Å²) in [7, 11) is 0. The molecule has 1 N–H and O–H groups in total. The normalized spacial score (nSPS) is 15.1. The minimum absolute atomic E-state index is 0.727. The molecule has 0 aliphatic carbocycles. The van der Waals surface area contributed by atoms with Gasteiger partial charge >= 0.3 is 0 Å². The number of hydroxylamine groups is 1. The van der Waals surface area contributed by atoms with Gasteiger partial charge in [0.25, 0.3) is 0 Å².